The third kappa shape index (κ3) is 2.65. The minimum atomic E-state index is -0.363. The molecule has 0 bridgehead atoms. The lowest BCUT2D eigenvalue weighted by Crippen LogP contribution is -2.10. The molecular weight excluding hydrogens is 280 g/mol. The number of esters is 1. The van der Waals surface area contributed by atoms with Crippen molar-refractivity contribution < 1.29 is 14.3 Å². The lowest BCUT2D eigenvalue weighted by molar-refractivity contribution is -0.114. The van der Waals surface area contributed by atoms with Gasteiger partial charge in [0.2, 0.25) is 5.91 Å². The summed E-state index contributed by atoms with van der Waals surface area (Å²) in [6, 6.07) is 12.7. The summed E-state index contributed by atoms with van der Waals surface area (Å²) in [5.74, 6) is -0.492. The van der Waals surface area contributed by atoms with Gasteiger partial charge in [0.15, 0.2) is 0 Å². The van der Waals surface area contributed by atoms with Crippen molar-refractivity contribution in [3.8, 4) is 0 Å². The Morgan fingerprint density at radius 3 is 2.82 bits per heavy atom. The van der Waals surface area contributed by atoms with Gasteiger partial charge in [-0.05, 0) is 23.8 Å². The summed E-state index contributed by atoms with van der Waals surface area (Å²) >= 11 is 0. The fourth-order valence-electron chi connectivity index (χ4n) is 2.65. The zero-order chi connectivity index (χ0) is 15.7. The van der Waals surface area contributed by atoms with Crippen molar-refractivity contribution in [3.63, 3.8) is 0 Å². The summed E-state index contributed by atoms with van der Waals surface area (Å²) in [6.07, 6.45) is 0.136. The zero-order valence-electron chi connectivity index (χ0n) is 12.1. The predicted molar refractivity (Wildman–Crippen MR) is 83.5 cm³/mol. The van der Waals surface area contributed by atoms with Gasteiger partial charge in [0.05, 0.1) is 5.56 Å². The minimum absolute atomic E-state index is 0.135. The molecule has 1 aliphatic heterocycles. The molecule has 0 spiro atoms. The van der Waals surface area contributed by atoms with Crippen molar-refractivity contribution in [2.45, 2.75) is 19.4 Å². The number of hydrogen-bond donors (Lipinski definition) is 2. The third-order valence-electron chi connectivity index (χ3n) is 3.63. The van der Waals surface area contributed by atoms with Crippen molar-refractivity contribution in [2.75, 3.05) is 11.1 Å². The van der Waals surface area contributed by atoms with E-state index in [-0.39, 0.29) is 18.0 Å². The predicted octanol–water partition coefficient (Wildman–Crippen LogP) is 2.68. The van der Waals surface area contributed by atoms with Crippen LogP contribution in [0.15, 0.2) is 42.5 Å². The van der Waals surface area contributed by atoms with Crippen molar-refractivity contribution in [3.05, 3.63) is 59.2 Å². The Hall–Kier alpha value is -2.82. The van der Waals surface area contributed by atoms with Crippen LogP contribution in [0.2, 0.25) is 0 Å². The van der Waals surface area contributed by atoms with Gasteiger partial charge >= 0.3 is 5.97 Å². The van der Waals surface area contributed by atoms with Crippen LogP contribution in [0.3, 0.4) is 0 Å². The highest BCUT2D eigenvalue weighted by Crippen LogP contribution is 2.35. The van der Waals surface area contributed by atoms with Crippen molar-refractivity contribution in [1.82, 2.24) is 0 Å². The van der Waals surface area contributed by atoms with Gasteiger partial charge in [-0.25, -0.2) is 4.79 Å². The van der Waals surface area contributed by atoms with Gasteiger partial charge in [0.25, 0.3) is 0 Å². The Labute approximate surface area is 128 Å². The Kier molecular flexibility index (Phi) is 3.55. The third-order valence-corrected chi connectivity index (χ3v) is 3.63. The molecule has 0 aromatic heterocycles. The summed E-state index contributed by atoms with van der Waals surface area (Å²) in [4.78, 5) is 23.2. The molecule has 3 rings (SSSR count). The van der Waals surface area contributed by atoms with E-state index in [0.29, 0.717) is 17.7 Å². The smallest absolute Gasteiger partial charge is 0.339 e. The number of nitrogen functional groups attached to an aromatic ring is 1. The highest BCUT2D eigenvalue weighted by molar-refractivity contribution is 5.95. The highest BCUT2D eigenvalue weighted by Gasteiger charge is 2.31. The van der Waals surface area contributed by atoms with E-state index in [9.17, 15) is 9.59 Å². The van der Waals surface area contributed by atoms with Gasteiger partial charge in [0, 0.05) is 30.3 Å². The Morgan fingerprint density at radius 2 is 2.05 bits per heavy atom. The Morgan fingerprint density at radius 1 is 1.27 bits per heavy atom. The molecule has 0 saturated heterocycles. The second kappa shape index (κ2) is 5.52. The van der Waals surface area contributed by atoms with Crippen molar-refractivity contribution in [2.24, 2.45) is 0 Å². The molecule has 3 N–H and O–H groups in total. The summed E-state index contributed by atoms with van der Waals surface area (Å²) in [5, 5.41) is 2.79. The van der Waals surface area contributed by atoms with Crippen LogP contribution in [-0.2, 0) is 16.0 Å². The minimum Gasteiger partial charge on any atom is -0.454 e. The topological polar surface area (TPSA) is 81.4 Å². The monoisotopic (exact) mass is 296 g/mol. The van der Waals surface area contributed by atoms with Gasteiger partial charge in [-0.3, -0.25) is 4.79 Å². The Bertz CT molecular complexity index is 755. The van der Waals surface area contributed by atoms with Gasteiger partial charge in [-0.2, -0.15) is 0 Å². The number of anilines is 2. The van der Waals surface area contributed by atoms with E-state index in [0.717, 1.165) is 16.8 Å². The quantitative estimate of drug-likeness (QED) is 0.674. The molecule has 0 fully saturated rings. The second-order valence-electron chi connectivity index (χ2n) is 5.28. The van der Waals surface area contributed by atoms with Crippen LogP contribution in [0.4, 0.5) is 11.4 Å². The molecule has 0 radical (unpaired) electrons. The second-order valence-corrected chi connectivity index (χ2v) is 5.28. The average molecular weight is 296 g/mol. The van der Waals surface area contributed by atoms with Crippen LogP contribution >= 0.6 is 0 Å². The number of cyclic esters (lactones) is 1. The molecule has 22 heavy (non-hydrogen) atoms. The first-order valence-corrected chi connectivity index (χ1v) is 7.00. The number of carbonyl (C=O) groups is 2. The van der Waals surface area contributed by atoms with E-state index < -0.39 is 0 Å². The fourth-order valence-corrected chi connectivity index (χ4v) is 2.65. The molecule has 1 atom stereocenters. The van der Waals surface area contributed by atoms with Crippen LogP contribution in [0.5, 0.6) is 0 Å². The van der Waals surface area contributed by atoms with E-state index in [1.54, 1.807) is 12.1 Å². The number of nitrogens with two attached hydrogens (primary N) is 1. The van der Waals surface area contributed by atoms with Gasteiger partial charge in [-0.15, -0.1) is 0 Å². The summed E-state index contributed by atoms with van der Waals surface area (Å²) in [7, 11) is 0. The molecule has 2 aromatic carbocycles. The van der Waals surface area contributed by atoms with Crippen molar-refractivity contribution in [1.29, 1.82) is 0 Å². The molecule has 1 amide bonds. The van der Waals surface area contributed by atoms with Gasteiger partial charge < -0.3 is 15.8 Å². The number of rotatable bonds is 3. The highest BCUT2D eigenvalue weighted by atomic mass is 16.5. The molecule has 5 nitrogen and oxygen atoms in total. The first-order valence-electron chi connectivity index (χ1n) is 7.00. The van der Waals surface area contributed by atoms with Gasteiger partial charge in [0.1, 0.15) is 6.10 Å². The average Bonchev–Trinajstić information content (AvgIpc) is 2.76. The number of benzene rings is 2. The molecule has 1 unspecified atom stereocenters. The van der Waals surface area contributed by atoms with E-state index in [4.69, 9.17) is 10.5 Å². The van der Waals surface area contributed by atoms with E-state index >= 15 is 0 Å². The lowest BCUT2D eigenvalue weighted by atomic mass is 9.98. The number of hydrogen-bond acceptors (Lipinski definition) is 4. The van der Waals surface area contributed by atoms with Crippen LogP contribution in [0, 0.1) is 0 Å². The Balaban J connectivity index is 1.90. The fraction of sp³-hybridized carbons (Fsp3) is 0.176. The largest absolute Gasteiger partial charge is 0.454 e. The van der Waals surface area contributed by atoms with Crippen molar-refractivity contribution >= 4 is 23.3 Å². The number of amides is 1. The molecule has 5 heteroatoms. The van der Waals surface area contributed by atoms with Crippen LogP contribution in [0.1, 0.15) is 34.5 Å². The standard InChI is InChI=1S/C17H16N2O3/c1-10(20)19-15-5-3-2-4-11(15)8-16-13-7-6-12(18)9-14(13)17(21)22-16/h2-7,9,16H,8,18H2,1H3,(H,19,20). The number of para-hydroxylation sites is 1. The van der Waals surface area contributed by atoms with E-state index in [1.165, 1.54) is 6.92 Å². The molecule has 0 saturated carbocycles. The molecule has 2 aromatic rings. The van der Waals surface area contributed by atoms with Gasteiger partial charge in [-0.1, -0.05) is 24.3 Å². The van der Waals surface area contributed by atoms with Crippen LogP contribution in [0.25, 0.3) is 0 Å². The summed E-state index contributed by atoms with van der Waals surface area (Å²) < 4.78 is 5.44. The molecule has 112 valence electrons. The van der Waals surface area contributed by atoms with E-state index in [2.05, 4.69) is 5.32 Å². The lowest BCUT2D eigenvalue weighted by Gasteiger charge is -2.14. The van der Waals surface area contributed by atoms with Crippen LogP contribution in [-0.4, -0.2) is 11.9 Å². The maximum Gasteiger partial charge on any atom is 0.339 e. The number of carbonyl (C=O) groups excluding carboxylic acids is 2. The zero-order valence-corrected chi connectivity index (χ0v) is 12.1. The first kappa shape index (κ1) is 14.1. The maximum atomic E-state index is 11.9. The number of fused-ring (bicyclic) bond motifs is 1. The first-order chi connectivity index (χ1) is 10.5. The van der Waals surface area contributed by atoms with Crippen LogP contribution < -0.4 is 11.1 Å². The normalized spacial score (nSPS) is 16.0. The summed E-state index contributed by atoms with van der Waals surface area (Å²) in [6.45, 7) is 1.46. The number of nitrogens with one attached hydrogen (secondary N) is 1. The molecule has 0 aliphatic carbocycles. The molecular formula is C17H16N2O3. The summed E-state index contributed by atoms with van der Waals surface area (Å²) in [5.41, 5.74) is 9.25. The SMILES string of the molecule is CC(=O)Nc1ccccc1CC1OC(=O)c2cc(N)ccc21. The van der Waals surface area contributed by atoms with E-state index in [1.807, 2.05) is 30.3 Å². The number of ether oxygens (including phenoxy) is 1. The maximum absolute atomic E-state index is 11.9. The molecule has 1 aliphatic rings. The molecule has 1 heterocycles.